The molecule has 3 nitrogen and oxygen atoms in total. The van der Waals surface area contributed by atoms with Gasteiger partial charge in [0, 0.05) is 25.7 Å². The number of hydrogen-bond acceptors (Lipinski definition) is 3. The van der Waals surface area contributed by atoms with Crippen molar-refractivity contribution >= 4 is 0 Å². The first kappa shape index (κ1) is 17.0. The molecule has 1 aliphatic carbocycles. The Hall–Kier alpha value is -1.08. The Balaban J connectivity index is 2.63. The van der Waals surface area contributed by atoms with Gasteiger partial charge in [-0.15, -0.1) is 0 Å². The highest BCUT2D eigenvalue weighted by Crippen LogP contribution is 2.34. The minimum Gasteiger partial charge on any atom is -0.508 e. The lowest BCUT2D eigenvalue weighted by atomic mass is 10.1. The molecule has 7 heteroatoms. The number of hydrogen-bond donors (Lipinski definition) is 1. The highest BCUT2D eigenvalue weighted by molar-refractivity contribution is 5.20. The Morgan fingerprint density at radius 3 is 2.70 bits per heavy atom. The van der Waals surface area contributed by atoms with Crippen molar-refractivity contribution in [2.75, 3.05) is 13.2 Å². The van der Waals surface area contributed by atoms with Crippen molar-refractivity contribution in [2.24, 2.45) is 0 Å². The van der Waals surface area contributed by atoms with Gasteiger partial charge in [0.25, 0.3) is 0 Å². The van der Waals surface area contributed by atoms with Gasteiger partial charge in [-0.1, -0.05) is 6.08 Å². The van der Waals surface area contributed by atoms with Crippen LogP contribution in [0, 0.1) is 0 Å². The number of allylic oxidation sites excluding steroid dienone is 1. The Kier molecular flexibility index (Phi) is 6.01. The second kappa shape index (κ2) is 7.08. The van der Waals surface area contributed by atoms with Gasteiger partial charge in [0.05, 0.1) is 0 Å². The van der Waals surface area contributed by atoms with Crippen LogP contribution in [0.4, 0.5) is 17.6 Å². The zero-order valence-electron chi connectivity index (χ0n) is 11.1. The van der Waals surface area contributed by atoms with Crippen LogP contribution >= 0.6 is 0 Å². The van der Waals surface area contributed by atoms with Gasteiger partial charge in [0.15, 0.2) is 6.10 Å². The van der Waals surface area contributed by atoms with Gasteiger partial charge in [-0.2, -0.15) is 13.2 Å². The number of rotatable bonds is 7. The summed E-state index contributed by atoms with van der Waals surface area (Å²) in [6, 6.07) is 0. The molecule has 0 aromatic carbocycles. The number of aliphatic hydroxyl groups excluding tert-OH is 1. The number of ether oxygens (including phenoxy) is 2. The molecule has 1 N–H and O–H groups in total. The lowest BCUT2D eigenvalue weighted by Crippen LogP contribution is -2.40. The van der Waals surface area contributed by atoms with Crippen molar-refractivity contribution in [1.29, 1.82) is 0 Å². The van der Waals surface area contributed by atoms with Crippen LogP contribution in [-0.2, 0) is 9.47 Å². The molecule has 0 fully saturated rings. The van der Waals surface area contributed by atoms with E-state index >= 15 is 0 Å². The van der Waals surface area contributed by atoms with Gasteiger partial charge in [0.1, 0.15) is 5.76 Å². The molecule has 0 saturated carbocycles. The second-order valence-electron chi connectivity index (χ2n) is 4.45. The van der Waals surface area contributed by atoms with Gasteiger partial charge < -0.3 is 14.6 Å². The van der Waals surface area contributed by atoms with E-state index in [1.807, 2.05) is 0 Å². The van der Waals surface area contributed by atoms with Crippen molar-refractivity contribution in [2.45, 2.75) is 44.3 Å². The Morgan fingerprint density at radius 2 is 2.15 bits per heavy atom. The van der Waals surface area contributed by atoms with Crippen LogP contribution in [0.1, 0.15) is 26.2 Å². The molecule has 0 aliphatic heterocycles. The predicted molar refractivity (Wildman–Crippen MR) is 65.0 cm³/mol. The summed E-state index contributed by atoms with van der Waals surface area (Å²) in [5.74, 6) is -3.08. The molecule has 20 heavy (non-hydrogen) atoms. The number of aliphatic hydroxyl groups is 1. The summed E-state index contributed by atoms with van der Waals surface area (Å²) in [6.07, 6.45) is -4.47. The summed E-state index contributed by atoms with van der Waals surface area (Å²) < 4.78 is 62.1. The van der Waals surface area contributed by atoms with Crippen molar-refractivity contribution < 1.29 is 32.1 Å². The molecule has 2 atom stereocenters. The fourth-order valence-electron chi connectivity index (χ4n) is 1.79. The first-order valence-electron chi connectivity index (χ1n) is 6.36. The summed E-state index contributed by atoms with van der Waals surface area (Å²) >= 11 is 0. The summed E-state index contributed by atoms with van der Waals surface area (Å²) in [7, 11) is 0. The molecule has 0 radical (unpaired) electrons. The highest BCUT2D eigenvalue weighted by atomic mass is 19.4. The maximum atomic E-state index is 14.1. The molecule has 1 rings (SSSR count). The van der Waals surface area contributed by atoms with Crippen molar-refractivity contribution in [1.82, 2.24) is 0 Å². The molecule has 0 bridgehead atoms. The van der Waals surface area contributed by atoms with Crippen molar-refractivity contribution in [3.63, 3.8) is 0 Å². The molecule has 2 unspecified atom stereocenters. The average Bonchev–Trinajstić information content (AvgIpc) is 2.31. The normalized spacial score (nSPS) is 24.6. The third-order valence-corrected chi connectivity index (χ3v) is 2.71. The largest absolute Gasteiger partial charge is 0.508 e. The molecule has 116 valence electrons. The van der Waals surface area contributed by atoms with E-state index in [9.17, 15) is 17.6 Å². The molecule has 0 aromatic rings. The van der Waals surface area contributed by atoms with Crippen LogP contribution in [0.25, 0.3) is 0 Å². The summed E-state index contributed by atoms with van der Waals surface area (Å²) in [5.41, 5.74) is 0. The lowest BCUT2D eigenvalue weighted by molar-refractivity contribution is -0.271. The predicted octanol–water partition coefficient (Wildman–Crippen LogP) is 3.82. The molecule has 0 spiro atoms. The smallest absolute Gasteiger partial charge is 0.414 e. The molecular formula is C13H18F4O3. The van der Waals surface area contributed by atoms with E-state index in [0.717, 1.165) is 0 Å². The lowest BCUT2D eigenvalue weighted by Gasteiger charge is -2.30. The minimum atomic E-state index is -4.67. The third-order valence-electron chi connectivity index (χ3n) is 2.71. The van der Waals surface area contributed by atoms with Crippen LogP contribution < -0.4 is 0 Å². The first-order valence-corrected chi connectivity index (χ1v) is 6.36. The van der Waals surface area contributed by atoms with Crippen LogP contribution in [0.2, 0.25) is 0 Å². The average molecular weight is 298 g/mol. The molecule has 0 heterocycles. The van der Waals surface area contributed by atoms with Crippen molar-refractivity contribution in [3.05, 3.63) is 24.0 Å². The molecule has 0 aromatic heterocycles. The van der Waals surface area contributed by atoms with Gasteiger partial charge in [0.2, 0.25) is 5.85 Å². The molecule has 0 saturated heterocycles. The van der Waals surface area contributed by atoms with Gasteiger partial charge in [-0.05, 0) is 25.8 Å². The zero-order chi connectivity index (χ0) is 15.2. The van der Waals surface area contributed by atoms with E-state index in [-0.39, 0.29) is 19.4 Å². The highest BCUT2D eigenvalue weighted by Gasteiger charge is 2.45. The van der Waals surface area contributed by atoms with E-state index < -0.39 is 30.3 Å². The van der Waals surface area contributed by atoms with Crippen molar-refractivity contribution in [3.8, 4) is 0 Å². The van der Waals surface area contributed by atoms with E-state index in [4.69, 9.17) is 9.84 Å². The quantitative estimate of drug-likeness (QED) is 0.573. The fourth-order valence-corrected chi connectivity index (χ4v) is 1.79. The van der Waals surface area contributed by atoms with Gasteiger partial charge in [-0.25, -0.2) is 4.39 Å². The van der Waals surface area contributed by atoms with E-state index in [1.165, 1.54) is 12.2 Å². The Bertz CT molecular complexity index is 365. The van der Waals surface area contributed by atoms with E-state index in [2.05, 4.69) is 4.74 Å². The van der Waals surface area contributed by atoms with E-state index in [0.29, 0.717) is 12.7 Å². The maximum Gasteiger partial charge on any atom is 0.414 e. The third kappa shape index (κ3) is 5.50. The van der Waals surface area contributed by atoms with Gasteiger partial charge in [-0.3, -0.25) is 0 Å². The standard InChI is InChI=1S/C13H18F4O3/c1-2-19-8-4-6-11(13(15,16)17)20-12(14)7-3-5-10(18)9-12/h3,5,9,11,18H,2,4,6-8H2,1H3. The zero-order valence-corrected chi connectivity index (χ0v) is 11.1. The first-order chi connectivity index (χ1) is 9.27. The summed E-state index contributed by atoms with van der Waals surface area (Å²) in [5, 5.41) is 9.16. The molecular weight excluding hydrogens is 280 g/mol. The number of alkyl halides is 4. The molecule has 0 amide bonds. The minimum absolute atomic E-state index is 0.111. The topological polar surface area (TPSA) is 38.7 Å². The SMILES string of the molecule is CCOCCCC(OC1(F)C=C(O)C=CC1)C(F)(F)F. The maximum absolute atomic E-state index is 14.1. The second-order valence-corrected chi connectivity index (χ2v) is 4.45. The summed E-state index contributed by atoms with van der Waals surface area (Å²) in [4.78, 5) is 0. The van der Waals surface area contributed by atoms with Crippen LogP contribution in [0.5, 0.6) is 0 Å². The number of halogens is 4. The Labute approximate surface area is 114 Å². The van der Waals surface area contributed by atoms with Crippen LogP contribution in [0.3, 0.4) is 0 Å². The monoisotopic (exact) mass is 298 g/mol. The van der Waals surface area contributed by atoms with Crippen LogP contribution in [-0.4, -0.2) is 36.5 Å². The summed E-state index contributed by atoms with van der Waals surface area (Å²) in [6.45, 7) is 2.30. The van der Waals surface area contributed by atoms with E-state index in [1.54, 1.807) is 6.92 Å². The van der Waals surface area contributed by atoms with Gasteiger partial charge >= 0.3 is 6.18 Å². The van der Waals surface area contributed by atoms with Crippen LogP contribution in [0.15, 0.2) is 24.0 Å². The Morgan fingerprint density at radius 1 is 1.45 bits per heavy atom. The molecule has 1 aliphatic rings. The fraction of sp³-hybridized carbons (Fsp3) is 0.692.